The van der Waals surface area contributed by atoms with Crippen molar-refractivity contribution >= 4 is 0 Å². The molecule has 10 heteroatoms. The summed E-state index contributed by atoms with van der Waals surface area (Å²) in [7, 11) is 0. The molecule has 0 radical (unpaired) electrons. The van der Waals surface area contributed by atoms with Gasteiger partial charge in [0, 0.05) is 24.8 Å². The summed E-state index contributed by atoms with van der Waals surface area (Å²) in [5.41, 5.74) is -1.28. The SMILES string of the molecule is OC(CNC(COCC1CC1)Cc1ccccc1)c1cc(-c2ccc(C(F)(F)F)cc2)nc(C(F)(F)F)c1. The highest BCUT2D eigenvalue weighted by molar-refractivity contribution is 5.61. The molecule has 3 aromatic rings. The van der Waals surface area contributed by atoms with Crippen molar-refractivity contribution in [3.8, 4) is 11.3 Å². The number of aliphatic hydroxyl groups is 1. The van der Waals surface area contributed by atoms with Gasteiger partial charge in [0.1, 0.15) is 5.69 Å². The minimum atomic E-state index is -4.81. The van der Waals surface area contributed by atoms with Crippen LogP contribution in [0.3, 0.4) is 0 Å². The molecule has 0 aliphatic heterocycles. The molecule has 4 nitrogen and oxygen atoms in total. The maximum absolute atomic E-state index is 13.6. The molecule has 0 spiro atoms. The number of alkyl halides is 6. The van der Waals surface area contributed by atoms with E-state index in [9.17, 15) is 31.4 Å². The average molecular weight is 539 g/mol. The predicted molar refractivity (Wildman–Crippen MR) is 130 cm³/mol. The van der Waals surface area contributed by atoms with Crippen LogP contribution in [-0.4, -0.2) is 35.9 Å². The zero-order chi connectivity index (χ0) is 27.3. The van der Waals surface area contributed by atoms with Crippen molar-refractivity contribution in [2.24, 2.45) is 5.92 Å². The van der Waals surface area contributed by atoms with Crippen LogP contribution in [0.25, 0.3) is 11.3 Å². The second kappa shape index (κ2) is 11.8. The summed E-state index contributed by atoms with van der Waals surface area (Å²) in [4.78, 5) is 3.61. The van der Waals surface area contributed by atoms with Crippen LogP contribution >= 0.6 is 0 Å². The molecule has 1 aliphatic rings. The van der Waals surface area contributed by atoms with Gasteiger partial charge in [-0.05, 0) is 60.6 Å². The van der Waals surface area contributed by atoms with E-state index in [1.807, 2.05) is 30.3 Å². The van der Waals surface area contributed by atoms with E-state index in [2.05, 4.69) is 10.3 Å². The van der Waals surface area contributed by atoms with Crippen LogP contribution in [0.1, 0.15) is 41.3 Å². The molecule has 2 aromatic carbocycles. The maximum atomic E-state index is 13.6. The van der Waals surface area contributed by atoms with E-state index in [0.29, 0.717) is 25.6 Å². The van der Waals surface area contributed by atoms with Crippen LogP contribution in [0.5, 0.6) is 0 Å². The summed E-state index contributed by atoms with van der Waals surface area (Å²) in [6, 6.07) is 15.2. The summed E-state index contributed by atoms with van der Waals surface area (Å²) >= 11 is 0. The van der Waals surface area contributed by atoms with Crippen LogP contribution in [-0.2, 0) is 23.5 Å². The van der Waals surface area contributed by atoms with Crippen LogP contribution in [0, 0.1) is 5.92 Å². The Morgan fingerprint density at radius 2 is 1.61 bits per heavy atom. The van der Waals surface area contributed by atoms with E-state index in [1.165, 1.54) is 6.07 Å². The lowest BCUT2D eigenvalue weighted by atomic mass is 10.0. The second-order valence-corrected chi connectivity index (χ2v) is 9.54. The standard InChI is InChI=1S/C28H28F6N2O2/c29-27(30,31)22-10-8-20(9-11-22)24-13-21(14-26(36-24)28(32,33)34)25(37)15-35-23(17-38-16-19-6-7-19)12-18-4-2-1-3-5-18/h1-5,8-11,13-14,19,23,25,35,37H,6-7,12,15-17H2. The molecule has 1 aliphatic carbocycles. The van der Waals surface area contributed by atoms with Crippen molar-refractivity contribution in [1.82, 2.24) is 10.3 Å². The molecule has 0 bridgehead atoms. The van der Waals surface area contributed by atoms with Crippen LogP contribution < -0.4 is 5.32 Å². The second-order valence-electron chi connectivity index (χ2n) is 9.54. The molecule has 1 aromatic heterocycles. The molecule has 1 heterocycles. The summed E-state index contributed by atoms with van der Waals surface area (Å²) in [6.45, 7) is 0.961. The number of ether oxygens (including phenoxy) is 1. The van der Waals surface area contributed by atoms with Gasteiger partial charge in [-0.1, -0.05) is 42.5 Å². The van der Waals surface area contributed by atoms with Crippen LogP contribution in [0.15, 0.2) is 66.7 Å². The number of nitrogens with one attached hydrogen (secondary N) is 1. The van der Waals surface area contributed by atoms with E-state index in [4.69, 9.17) is 4.74 Å². The lowest BCUT2D eigenvalue weighted by Crippen LogP contribution is -2.38. The van der Waals surface area contributed by atoms with Gasteiger partial charge in [-0.2, -0.15) is 26.3 Å². The third kappa shape index (κ3) is 8.02. The number of rotatable bonds is 11. The van der Waals surface area contributed by atoms with Crippen molar-refractivity contribution in [2.75, 3.05) is 19.8 Å². The Morgan fingerprint density at radius 1 is 0.921 bits per heavy atom. The van der Waals surface area contributed by atoms with Crippen molar-refractivity contribution in [3.63, 3.8) is 0 Å². The summed E-state index contributed by atoms with van der Waals surface area (Å²) in [6.07, 6.45) is -7.84. The number of aromatic nitrogens is 1. The average Bonchev–Trinajstić information content (AvgIpc) is 3.71. The third-order valence-electron chi connectivity index (χ3n) is 6.33. The third-order valence-corrected chi connectivity index (χ3v) is 6.33. The lowest BCUT2D eigenvalue weighted by Gasteiger charge is -2.22. The molecule has 2 unspecified atom stereocenters. The van der Waals surface area contributed by atoms with Crippen molar-refractivity contribution in [1.29, 1.82) is 0 Å². The van der Waals surface area contributed by atoms with Crippen LogP contribution in [0.2, 0.25) is 0 Å². The topological polar surface area (TPSA) is 54.4 Å². The number of nitrogens with zero attached hydrogens (tertiary/aromatic N) is 1. The van der Waals surface area contributed by atoms with E-state index < -0.39 is 29.7 Å². The lowest BCUT2D eigenvalue weighted by molar-refractivity contribution is -0.141. The first-order chi connectivity index (χ1) is 18.0. The first kappa shape index (κ1) is 28.1. The maximum Gasteiger partial charge on any atom is 0.433 e. The smallest absolute Gasteiger partial charge is 0.387 e. The van der Waals surface area contributed by atoms with Crippen molar-refractivity contribution in [3.05, 3.63) is 89.1 Å². The molecule has 2 N–H and O–H groups in total. The molecular formula is C28H28F6N2O2. The number of pyridine rings is 1. The van der Waals surface area contributed by atoms with E-state index in [1.54, 1.807) is 0 Å². The highest BCUT2D eigenvalue weighted by atomic mass is 19.4. The largest absolute Gasteiger partial charge is 0.433 e. The van der Waals surface area contributed by atoms with Gasteiger partial charge in [-0.25, -0.2) is 4.98 Å². The van der Waals surface area contributed by atoms with Crippen LogP contribution in [0.4, 0.5) is 26.3 Å². The fraction of sp³-hybridized carbons (Fsp3) is 0.393. The number of benzene rings is 2. The van der Waals surface area contributed by atoms with Crippen molar-refractivity contribution < 1.29 is 36.2 Å². The minimum Gasteiger partial charge on any atom is -0.387 e. The summed E-state index contributed by atoms with van der Waals surface area (Å²) in [5, 5.41) is 14.0. The van der Waals surface area contributed by atoms with Gasteiger partial charge in [-0.15, -0.1) is 0 Å². The first-order valence-electron chi connectivity index (χ1n) is 12.3. The summed E-state index contributed by atoms with van der Waals surface area (Å²) < 4.78 is 85.3. The first-order valence-corrected chi connectivity index (χ1v) is 12.3. The summed E-state index contributed by atoms with van der Waals surface area (Å²) in [5.74, 6) is 0.569. The van der Waals surface area contributed by atoms with Crippen molar-refractivity contribution in [2.45, 2.75) is 43.8 Å². The Bertz CT molecular complexity index is 1180. The van der Waals surface area contributed by atoms with Gasteiger partial charge in [0.05, 0.1) is 24.0 Å². The number of aliphatic hydroxyl groups excluding tert-OH is 1. The van der Waals surface area contributed by atoms with E-state index in [-0.39, 0.29) is 29.4 Å². The number of halogens is 6. The Kier molecular flexibility index (Phi) is 8.74. The highest BCUT2D eigenvalue weighted by Crippen LogP contribution is 2.34. The molecule has 2 atom stereocenters. The Morgan fingerprint density at radius 3 is 2.21 bits per heavy atom. The molecule has 0 amide bonds. The molecule has 0 saturated heterocycles. The van der Waals surface area contributed by atoms with Gasteiger partial charge in [0.2, 0.25) is 0 Å². The highest BCUT2D eigenvalue weighted by Gasteiger charge is 2.34. The normalized spacial score (nSPS) is 15.9. The fourth-order valence-electron chi connectivity index (χ4n) is 4.01. The zero-order valence-electron chi connectivity index (χ0n) is 20.4. The van der Waals surface area contributed by atoms with Gasteiger partial charge < -0.3 is 15.2 Å². The molecule has 1 fully saturated rings. The quantitative estimate of drug-likeness (QED) is 0.276. The van der Waals surface area contributed by atoms with E-state index >= 15 is 0 Å². The van der Waals surface area contributed by atoms with E-state index in [0.717, 1.165) is 48.7 Å². The van der Waals surface area contributed by atoms with Gasteiger partial charge >= 0.3 is 12.4 Å². The Labute approximate surface area is 216 Å². The van der Waals surface area contributed by atoms with Gasteiger partial charge in [0.25, 0.3) is 0 Å². The number of hydrogen-bond acceptors (Lipinski definition) is 4. The fourth-order valence-corrected chi connectivity index (χ4v) is 4.01. The molecule has 38 heavy (non-hydrogen) atoms. The molecule has 204 valence electrons. The molecule has 1 saturated carbocycles. The monoisotopic (exact) mass is 538 g/mol. The number of hydrogen-bond donors (Lipinski definition) is 2. The minimum absolute atomic E-state index is 0.0490. The Balaban J connectivity index is 1.51. The molecular weight excluding hydrogens is 510 g/mol. The Hall–Kier alpha value is -2.95. The predicted octanol–water partition coefficient (Wildman–Crippen LogP) is 6.45. The zero-order valence-corrected chi connectivity index (χ0v) is 20.4. The van der Waals surface area contributed by atoms with Gasteiger partial charge in [-0.3, -0.25) is 0 Å². The van der Waals surface area contributed by atoms with Gasteiger partial charge in [0.15, 0.2) is 0 Å². The molecule has 4 rings (SSSR count).